The Labute approximate surface area is 33.2 Å². The Bertz CT molecular complexity index is 8.00. The highest BCUT2D eigenvalue weighted by Gasteiger charge is 1.77. The van der Waals surface area contributed by atoms with E-state index in [1.54, 1.807) is 0 Å². The van der Waals surface area contributed by atoms with Gasteiger partial charge in [-0.2, -0.15) is 0 Å². The van der Waals surface area contributed by atoms with E-state index < -0.39 is 8.08 Å². The minimum absolute atomic E-state index is 1.27. The summed E-state index contributed by atoms with van der Waals surface area (Å²) in [6.07, 6.45) is 0. The van der Waals surface area contributed by atoms with Crippen molar-refractivity contribution in [3.63, 3.8) is 0 Å². The predicted octanol–water partition coefficient (Wildman–Crippen LogP) is -1.70. The minimum Gasteiger partial charge on any atom is -0.440 e. The molecule has 0 aliphatic rings. The second-order valence-electron chi connectivity index (χ2n) is 0.349. The first-order chi connectivity index (χ1) is 1.73. The Kier molecular flexibility index (Phi) is 2.18. The molecule has 0 bridgehead atoms. The Balaban J connectivity index is 2.32. The molecular formula is HOSi3. The Morgan fingerprint density at radius 1 is 1.50 bits per heavy atom. The average Bonchev–Trinajstić information content (AvgIpc) is 0.811. The van der Waals surface area contributed by atoms with Crippen LogP contribution in [-0.2, 0) is 0 Å². The van der Waals surface area contributed by atoms with Crippen LogP contribution >= 0.6 is 0 Å². The molecule has 0 aromatic carbocycles. The first-order valence-electron chi connectivity index (χ1n) is 0.724. The van der Waals surface area contributed by atoms with Crippen LogP contribution in [0.5, 0.6) is 0 Å². The van der Waals surface area contributed by atoms with E-state index in [1.807, 2.05) is 0 Å². The van der Waals surface area contributed by atoms with Gasteiger partial charge < -0.3 is 4.80 Å². The van der Waals surface area contributed by atoms with E-state index in [0.717, 1.165) is 0 Å². The minimum atomic E-state index is -1.27. The summed E-state index contributed by atoms with van der Waals surface area (Å²) in [5.41, 5.74) is 0. The molecule has 0 saturated heterocycles. The fraction of sp³-hybridized carbons (Fsp3) is 0. The largest absolute Gasteiger partial charge is 0.440 e. The van der Waals surface area contributed by atoms with Crippen molar-refractivity contribution in [2.24, 2.45) is 0 Å². The Morgan fingerprint density at radius 3 is 1.50 bits per heavy atom. The van der Waals surface area contributed by atoms with E-state index in [9.17, 15) is 0 Å². The fourth-order valence-electron chi connectivity index (χ4n) is 0. The van der Waals surface area contributed by atoms with E-state index >= 15 is 0 Å². The second kappa shape index (κ2) is 1.89. The quantitative estimate of drug-likeness (QED) is 0.361. The third kappa shape index (κ3) is 18.2. The number of hydrogen-bond donors (Lipinski definition) is 1. The number of rotatable bonds is 0. The highest BCUT2D eigenvalue weighted by Crippen LogP contribution is 1.37. The van der Waals surface area contributed by atoms with E-state index in [-0.39, 0.29) is 0 Å². The smallest absolute Gasteiger partial charge is 0.159 e. The average molecular weight is 101 g/mol. The van der Waals surface area contributed by atoms with Crippen LogP contribution in [0.4, 0.5) is 0 Å². The van der Waals surface area contributed by atoms with Gasteiger partial charge in [0.25, 0.3) is 0 Å². The normalized spacial score (nSPS) is 9.00. The Hall–Kier alpha value is 0.611. The van der Waals surface area contributed by atoms with Gasteiger partial charge in [0.05, 0.1) is 0 Å². The molecule has 0 aliphatic heterocycles. The third-order valence-corrected chi connectivity index (χ3v) is 0. The molecule has 1 N–H and O–H groups in total. The third-order valence-electron chi connectivity index (χ3n) is 0. The van der Waals surface area contributed by atoms with Gasteiger partial charge in [-0.25, -0.2) is 0 Å². The molecule has 0 atom stereocenters. The molecule has 0 amide bonds. The van der Waals surface area contributed by atoms with Gasteiger partial charge in [0.15, 0.2) is 8.08 Å². The summed E-state index contributed by atoms with van der Waals surface area (Å²) in [4.78, 5) is 7.98. The van der Waals surface area contributed by atoms with Crippen molar-refractivity contribution in [3.8, 4) is 0 Å². The molecule has 0 saturated carbocycles. The second-order valence-corrected chi connectivity index (χ2v) is 5.39. The maximum absolute atomic E-state index is 7.98. The molecule has 0 heterocycles. The predicted molar refractivity (Wildman–Crippen MR) is 19.5 cm³/mol. The van der Waals surface area contributed by atoms with Crippen LogP contribution in [0.1, 0.15) is 0 Å². The SMILES string of the molecule is O[Si]([Si])[Si]. The summed E-state index contributed by atoms with van der Waals surface area (Å²) < 4.78 is 0. The molecular weight excluding hydrogens is 100 g/mol. The molecule has 4 heteroatoms. The summed E-state index contributed by atoms with van der Waals surface area (Å²) >= 11 is 0. The molecule has 4 heavy (non-hydrogen) atoms. The van der Waals surface area contributed by atoms with Crippen LogP contribution in [-0.4, -0.2) is 32.4 Å². The highest BCUT2D eigenvalue weighted by atomic mass is 29.5. The van der Waals surface area contributed by atoms with Gasteiger partial charge in [-0.1, -0.05) is 0 Å². The van der Waals surface area contributed by atoms with E-state index in [2.05, 4.69) is 19.5 Å². The van der Waals surface area contributed by atoms with Gasteiger partial charge in [-0.05, 0) is 0 Å². The van der Waals surface area contributed by atoms with Crippen molar-refractivity contribution >= 4 is 27.6 Å². The molecule has 0 fully saturated rings. The Morgan fingerprint density at radius 2 is 1.50 bits per heavy atom. The fourth-order valence-corrected chi connectivity index (χ4v) is 0. The van der Waals surface area contributed by atoms with E-state index in [0.29, 0.717) is 0 Å². The molecule has 0 rings (SSSR count). The lowest BCUT2D eigenvalue weighted by molar-refractivity contribution is 0.614. The van der Waals surface area contributed by atoms with Crippen LogP contribution in [0, 0.1) is 0 Å². The van der Waals surface area contributed by atoms with Crippen LogP contribution in [0.2, 0.25) is 0 Å². The zero-order valence-corrected chi connectivity index (χ0v) is 4.95. The zero-order valence-electron chi connectivity index (χ0n) is 1.95. The molecule has 19 valence electrons. The van der Waals surface area contributed by atoms with Crippen LogP contribution in [0.15, 0.2) is 0 Å². The van der Waals surface area contributed by atoms with Crippen molar-refractivity contribution in [2.75, 3.05) is 0 Å². The van der Waals surface area contributed by atoms with Crippen LogP contribution in [0.3, 0.4) is 0 Å². The lowest BCUT2D eigenvalue weighted by Crippen LogP contribution is -2.10. The maximum atomic E-state index is 7.98. The molecule has 0 aromatic heterocycles. The van der Waals surface area contributed by atoms with E-state index in [1.165, 1.54) is 0 Å². The summed E-state index contributed by atoms with van der Waals surface area (Å²) in [7, 11) is 4.50. The van der Waals surface area contributed by atoms with Gasteiger partial charge in [0.2, 0.25) is 0 Å². The van der Waals surface area contributed by atoms with Crippen molar-refractivity contribution in [1.82, 2.24) is 0 Å². The lowest BCUT2D eigenvalue weighted by Gasteiger charge is -1.73. The van der Waals surface area contributed by atoms with Gasteiger partial charge in [-0.15, -0.1) is 0 Å². The summed E-state index contributed by atoms with van der Waals surface area (Å²) in [6.45, 7) is 0. The first-order valence-corrected chi connectivity index (χ1v) is 5.17. The van der Waals surface area contributed by atoms with Gasteiger partial charge in [0.1, 0.15) is 0 Å². The number of hydrogen-bond acceptors (Lipinski definition) is 1. The van der Waals surface area contributed by atoms with Gasteiger partial charge in [-0.3, -0.25) is 0 Å². The maximum Gasteiger partial charge on any atom is 0.159 e. The molecule has 1 nitrogen and oxygen atoms in total. The van der Waals surface area contributed by atoms with Gasteiger partial charge >= 0.3 is 0 Å². The van der Waals surface area contributed by atoms with Gasteiger partial charge in [0, 0.05) is 19.5 Å². The monoisotopic (exact) mass is 101 g/mol. The van der Waals surface area contributed by atoms with Crippen molar-refractivity contribution in [3.05, 3.63) is 0 Å². The summed E-state index contributed by atoms with van der Waals surface area (Å²) in [5, 5.41) is 0. The van der Waals surface area contributed by atoms with Crippen molar-refractivity contribution < 1.29 is 4.80 Å². The van der Waals surface area contributed by atoms with Crippen molar-refractivity contribution in [1.29, 1.82) is 0 Å². The standard InChI is InChI=1S/HOSi3/c1-4(2)3/h1H. The topological polar surface area (TPSA) is 20.2 Å². The highest BCUT2D eigenvalue weighted by molar-refractivity contribution is 7.25. The first kappa shape index (κ1) is 4.61. The molecule has 0 spiro atoms. The molecule has 0 unspecified atom stereocenters. The molecule has 7 radical (unpaired) electrons. The lowest BCUT2D eigenvalue weighted by atomic mass is 15.9. The molecule has 0 aromatic rings. The van der Waals surface area contributed by atoms with Crippen LogP contribution in [0.25, 0.3) is 0 Å². The van der Waals surface area contributed by atoms with E-state index in [4.69, 9.17) is 4.80 Å². The summed E-state index contributed by atoms with van der Waals surface area (Å²) in [5.74, 6) is 0. The summed E-state index contributed by atoms with van der Waals surface area (Å²) in [6, 6.07) is 0. The van der Waals surface area contributed by atoms with Crippen molar-refractivity contribution in [2.45, 2.75) is 0 Å². The molecule has 0 aliphatic carbocycles. The zero-order chi connectivity index (χ0) is 3.58. The van der Waals surface area contributed by atoms with Crippen LogP contribution < -0.4 is 0 Å².